The van der Waals surface area contributed by atoms with Crippen molar-refractivity contribution in [3.63, 3.8) is 0 Å². The zero-order valence-electron chi connectivity index (χ0n) is 20.1. The lowest BCUT2D eigenvalue weighted by molar-refractivity contribution is -0.510. The Labute approximate surface area is 219 Å². The van der Waals surface area contributed by atoms with Crippen molar-refractivity contribution >= 4 is 34.1 Å². The maximum absolute atomic E-state index is 11.5. The third-order valence-corrected chi connectivity index (χ3v) is 3.71. The average Bonchev–Trinajstić information content (AvgIpc) is 2.83. The van der Waals surface area contributed by atoms with Crippen molar-refractivity contribution < 1.29 is 67.2 Å². The van der Waals surface area contributed by atoms with Crippen LogP contribution in [0.5, 0.6) is 34.5 Å². The van der Waals surface area contributed by atoms with Crippen molar-refractivity contribution in [2.24, 2.45) is 22.9 Å². The lowest BCUT2D eigenvalue weighted by Gasteiger charge is -2.07. The van der Waals surface area contributed by atoms with Crippen LogP contribution in [0.25, 0.3) is 0 Å². The number of rotatable bonds is 6. The lowest BCUT2D eigenvalue weighted by Crippen LogP contribution is -2.88. The van der Waals surface area contributed by atoms with E-state index in [1.54, 1.807) is 0 Å². The molecule has 0 spiro atoms. The number of carbonyl (C=O) groups excluding carboxylic acids is 2. The van der Waals surface area contributed by atoms with Crippen LogP contribution >= 0.6 is 0 Å². The second-order valence-corrected chi connectivity index (χ2v) is 7.39. The quantitative estimate of drug-likeness (QED) is 0.0378. The highest BCUT2D eigenvalue weighted by Gasteiger charge is 2.15. The van der Waals surface area contributed by atoms with Gasteiger partial charge in [0, 0.05) is 21.5 Å². The number of ether oxygens (including phenoxy) is 2. The van der Waals surface area contributed by atoms with Crippen molar-refractivity contribution in [3.05, 3.63) is 35.4 Å². The van der Waals surface area contributed by atoms with Crippen LogP contribution in [0, 0.1) is 0 Å². The van der Waals surface area contributed by atoms with Crippen LogP contribution in [0.3, 0.4) is 0 Å². The number of aromatic hydroxyl groups is 4. The fourth-order valence-corrected chi connectivity index (χ4v) is 2.16. The number of guanidine groups is 2. The first-order valence-electron chi connectivity index (χ1n) is 9.66. The monoisotopic (exact) mass is 578 g/mol. The number of phenols is 4. The predicted molar refractivity (Wildman–Crippen MR) is 127 cm³/mol. The fourth-order valence-electron chi connectivity index (χ4n) is 2.16. The van der Waals surface area contributed by atoms with Crippen LogP contribution in [0.15, 0.2) is 24.3 Å². The van der Waals surface area contributed by atoms with Gasteiger partial charge in [0.1, 0.15) is 0 Å². The number of phenolic OH excluding ortho intramolecular Hbond substituents is 4. The summed E-state index contributed by atoms with van der Waals surface area (Å²) in [6, 6.07) is 4.64. The number of hydrogen-bond acceptors (Lipinski definition) is 12. The minimum atomic E-state index is -5.17. The van der Waals surface area contributed by atoms with Crippen LogP contribution in [0.1, 0.15) is 20.7 Å². The zero-order valence-corrected chi connectivity index (χ0v) is 20.9. The molecule has 21 heteroatoms. The molecule has 0 aliphatic heterocycles. The number of hydrogen-bond donors (Lipinski definition) is 12. The predicted octanol–water partition coefficient (Wildman–Crippen LogP) is -7.13. The first-order valence-corrected chi connectivity index (χ1v) is 11.0. The molecular formula is C18H26N8O12S. The van der Waals surface area contributed by atoms with E-state index >= 15 is 0 Å². The maximum atomic E-state index is 11.5. The van der Waals surface area contributed by atoms with Gasteiger partial charge in [0.2, 0.25) is 11.5 Å². The van der Waals surface area contributed by atoms with Gasteiger partial charge in [0.15, 0.2) is 23.0 Å². The third kappa shape index (κ3) is 12.9. The Morgan fingerprint density at radius 2 is 1.03 bits per heavy atom. The van der Waals surface area contributed by atoms with Crippen LogP contribution < -0.4 is 53.5 Å². The molecule has 39 heavy (non-hydrogen) atoms. The van der Waals surface area contributed by atoms with Crippen molar-refractivity contribution in [2.45, 2.75) is 0 Å². The summed E-state index contributed by atoms with van der Waals surface area (Å²) in [6.07, 6.45) is 0. The van der Waals surface area contributed by atoms with E-state index in [0.29, 0.717) is 0 Å². The van der Waals surface area contributed by atoms with Gasteiger partial charge in [-0.1, -0.05) is 0 Å². The highest BCUT2D eigenvalue weighted by Crippen LogP contribution is 2.36. The van der Waals surface area contributed by atoms with E-state index in [0.717, 1.165) is 12.1 Å². The number of nitrogens with two attached hydrogens (primary N) is 4. The molecule has 0 atom stereocenters. The number of methoxy groups -OCH3 is 2. The first-order chi connectivity index (χ1) is 17.9. The molecule has 0 bridgehead atoms. The van der Waals surface area contributed by atoms with E-state index in [1.165, 1.54) is 26.4 Å². The summed E-state index contributed by atoms with van der Waals surface area (Å²) in [5, 5.41) is 41.8. The number of hydrazine groups is 2. The number of nitrogens with one attached hydrogen (secondary N) is 4. The van der Waals surface area contributed by atoms with E-state index < -0.39 is 45.2 Å². The number of amides is 2. The summed E-state index contributed by atoms with van der Waals surface area (Å²) in [4.78, 5) is 23.1. The molecule has 0 radical (unpaired) electrons. The standard InChI is InChI=1S/2C9H12N4O4.H2O4S/c2*1-17-6-3-4(2-5(14)7(6)15)8(16)12-13-9(10)11;1-5(2,3)4/h2*2-3,14-15H,1H3,(H,12,16)(H4,10,11,13);(H2,1,2,3,4). The Balaban J connectivity index is 0.000000632. The summed E-state index contributed by atoms with van der Waals surface area (Å²) in [5.41, 5.74) is 24.8. The van der Waals surface area contributed by atoms with Crippen molar-refractivity contribution in [2.75, 3.05) is 14.2 Å². The van der Waals surface area contributed by atoms with E-state index in [-0.39, 0.29) is 34.5 Å². The summed E-state index contributed by atoms with van der Waals surface area (Å²) in [5.74, 6) is -3.47. The molecule has 0 fully saturated rings. The number of benzene rings is 2. The van der Waals surface area contributed by atoms with E-state index in [2.05, 4.69) is 21.1 Å². The van der Waals surface area contributed by atoms with Gasteiger partial charge in [-0.2, -0.15) is 10.2 Å². The molecule has 0 aromatic heterocycles. The topological polar surface area (TPSA) is 370 Å². The van der Waals surface area contributed by atoms with Gasteiger partial charge < -0.3 is 39.0 Å². The molecule has 20 nitrogen and oxygen atoms in total. The van der Waals surface area contributed by atoms with Gasteiger partial charge in [0.05, 0.1) is 14.2 Å². The van der Waals surface area contributed by atoms with E-state index in [9.17, 15) is 30.0 Å². The summed E-state index contributed by atoms with van der Waals surface area (Å²) < 4.78 is 43.6. The molecule has 0 heterocycles. The zero-order chi connectivity index (χ0) is 30.5. The van der Waals surface area contributed by atoms with Gasteiger partial charge in [-0.05, 0) is 24.3 Å². The molecule has 0 saturated carbocycles. The van der Waals surface area contributed by atoms with Crippen molar-refractivity contribution in [1.82, 2.24) is 10.9 Å². The molecule has 0 aliphatic carbocycles. The minimum Gasteiger partial charge on any atom is -0.759 e. The smallest absolute Gasteiger partial charge is 0.360 e. The maximum Gasteiger partial charge on any atom is 0.360 e. The summed E-state index contributed by atoms with van der Waals surface area (Å²) in [6.45, 7) is 0. The molecule has 2 rings (SSSR count). The second-order valence-electron chi connectivity index (χ2n) is 6.57. The minimum absolute atomic E-state index is 0.0279. The molecule has 0 saturated heterocycles. The van der Waals surface area contributed by atoms with E-state index in [4.69, 9.17) is 49.9 Å². The van der Waals surface area contributed by atoms with Crippen molar-refractivity contribution in [1.29, 1.82) is 0 Å². The highest BCUT2D eigenvalue weighted by molar-refractivity contribution is 7.79. The molecule has 0 unspecified atom stereocenters. The Morgan fingerprint density at radius 1 is 0.744 bits per heavy atom. The molecule has 16 N–H and O–H groups in total. The Kier molecular flexibility index (Phi) is 12.9. The lowest BCUT2D eigenvalue weighted by atomic mass is 10.2. The Bertz CT molecular complexity index is 1240. The molecule has 0 aliphatic rings. The Morgan fingerprint density at radius 3 is 1.26 bits per heavy atom. The van der Waals surface area contributed by atoms with Crippen LogP contribution in [-0.2, 0) is 10.4 Å². The van der Waals surface area contributed by atoms with Gasteiger partial charge in [-0.15, -0.1) is 0 Å². The molecule has 216 valence electrons. The Hall–Kier alpha value is -5.41. The molecular weight excluding hydrogens is 552 g/mol. The normalized spacial score (nSPS) is 9.74. The van der Waals surface area contributed by atoms with Crippen LogP contribution in [0.2, 0.25) is 0 Å². The summed E-state index contributed by atoms with van der Waals surface area (Å²) >= 11 is 0. The number of carbonyl (C=O) groups is 2. The second kappa shape index (κ2) is 15.0. The van der Waals surface area contributed by atoms with Crippen LogP contribution in [0.4, 0.5) is 0 Å². The van der Waals surface area contributed by atoms with Gasteiger partial charge in [-0.3, -0.25) is 40.9 Å². The van der Waals surface area contributed by atoms with Crippen LogP contribution in [-0.4, -0.2) is 75.9 Å². The SMILES string of the molecule is COc1cc(C(=O)N[NH+]=C(N)N)cc(O)c1O.COc1cc(C(=O)N[NH+]=C(N)N)cc(O)c1O.O=S(=O)([O-])[O-]. The van der Waals surface area contributed by atoms with E-state index in [1.807, 2.05) is 0 Å². The fraction of sp³-hybridized carbons (Fsp3) is 0.111. The van der Waals surface area contributed by atoms with Crippen molar-refractivity contribution in [3.8, 4) is 34.5 Å². The highest BCUT2D eigenvalue weighted by atomic mass is 32.3. The van der Waals surface area contributed by atoms with Gasteiger partial charge >= 0.3 is 11.9 Å². The molecule has 2 aromatic rings. The van der Waals surface area contributed by atoms with Gasteiger partial charge in [0.25, 0.3) is 11.8 Å². The average molecular weight is 579 g/mol. The van der Waals surface area contributed by atoms with Gasteiger partial charge in [-0.25, -0.2) is 10.9 Å². The number of hydrazone groups is 2. The molecule has 2 amide bonds. The third-order valence-electron chi connectivity index (χ3n) is 3.71. The largest absolute Gasteiger partial charge is 0.759 e. The first kappa shape index (κ1) is 33.6. The molecule has 2 aromatic carbocycles. The summed E-state index contributed by atoms with van der Waals surface area (Å²) in [7, 11) is -2.58.